The summed E-state index contributed by atoms with van der Waals surface area (Å²) in [4.78, 5) is 14.5. The van der Waals surface area contributed by atoms with Gasteiger partial charge in [0.2, 0.25) is 0 Å². The Hall–Kier alpha value is -2.29. The number of hydrogen-bond acceptors (Lipinski definition) is 2. The van der Waals surface area contributed by atoms with Crippen molar-refractivity contribution >= 4 is 17.3 Å². The monoisotopic (exact) mass is 252 g/mol. The molecule has 3 rings (SSSR count). The standard InChI is InChI=1S/C16H16N2O/c1-11-8-9-15-14(10-11)16(19)18(12(2)17-15)13-6-4-3-5-7-13/h3-10,12,17H,1-2H3/t12-/m1/s1. The molecule has 2 aromatic carbocycles. The summed E-state index contributed by atoms with van der Waals surface area (Å²) in [7, 11) is 0. The molecule has 0 saturated carbocycles. The van der Waals surface area contributed by atoms with Crippen LogP contribution in [-0.4, -0.2) is 12.1 Å². The van der Waals surface area contributed by atoms with Gasteiger partial charge in [0, 0.05) is 11.4 Å². The molecule has 1 heterocycles. The number of carbonyl (C=O) groups excluding carboxylic acids is 1. The van der Waals surface area contributed by atoms with E-state index in [9.17, 15) is 4.79 Å². The predicted molar refractivity (Wildman–Crippen MR) is 77.5 cm³/mol. The van der Waals surface area contributed by atoms with Gasteiger partial charge in [-0.25, -0.2) is 0 Å². The number of para-hydroxylation sites is 1. The zero-order valence-electron chi connectivity index (χ0n) is 11.1. The second-order valence-corrected chi connectivity index (χ2v) is 4.88. The molecule has 0 saturated heterocycles. The van der Waals surface area contributed by atoms with Crippen molar-refractivity contribution in [3.05, 3.63) is 59.7 Å². The lowest BCUT2D eigenvalue weighted by molar-refractivity contribution is 0.0977. The molecule has 0 aliphatic carbocycles. The minimum atomic E-state index is -0.0508. The quantitative estimate of drug-likeness (QED) is 0.843. The average Bonchev–Trinajstić information content (AvgIpc) is 2.41. The number of nitrogens with zero attached hydrogens (tertiary/aromatic N) is 1. The summed E-state index contributed by atoms with van der Waals surface area (Å²) in [6.45, 7) is 3.99. The van der Waals surface area contributed by atoms with Gasteiger partial charge in [-0.1, -0.05) is 29.8 Å². The largest absolute Gasteiger partial charge is 0.364 e. The van der Waals surface area contributed by atoms with Crippen molar-refractivity contribution in [2.45, 2.75) is 20.0 Å². The van der Waals surface area contributed by atoms with Crippen LogP contribution in [0.5, 0.6) is 0 Å². The van der Waals surface area contributed by atoms with E-state index in [-0.39, 0.29) is 12.1 Å². The van der Waals surface area contributed by atoms with Crippen molar-refractivity contribution in [2.24, 2.45) is 0 Å². The van der Waals surface area contributed by atoms with Gasteiger partial charge in [-0.3, -0.25) is 9.69 Å². The highest BCUT2D eigenvalue weighted by molar-refractivity contribution is 6.12. The third-order valence-electron chi connectivity index (χ3n) is 3.41. The topological polar surface area (TPSA) is 32.3 Å². The first-order valence-electron chi connectivity index (χ1n) is 6.42. The molecule has 0 unspecified atom stereocenters. The molecule has 1 amide bonds. The van der Waals surface area contributed by atoms with Crippen molar-refractivity contribution in [3.63, 3.8) is 0 Å². The predicted octanol–water partition coefficient (Wildman–Crippen LogP) is 3.41. The third-order valence-corrected chi connectivity index (χ3v) is 3.41. The number of amides is 1. The van der Waals surface area contributed by atoms with Crippen molar-refractivity contribution in [2.75, 3.05) is 10.2 Å². The van der Waals surface area contributed by atoms with Crippen LogP contribution in [0.15, 0.2) is 48.5 Å². The Labute approximate surface area is 112 Å². The number of hydrogen-bond donors (Lipinski definition) is 1. The number of fused-ring (bicyclic) bond motifs is 1. The van der Waals surface area contributed by atoms with Crippen molar-refractivity contribution in [1.29, 1.82) is 0 Å². The maximum Gasteiger partial charge on any atom is 0.262 e. The molecule has 0 bridgehead atoms. The van der Waals surface area contributed by atoms with E-state index in [4.69, 9.17) is 0 Å². The molecule has 96 valence electrons. The third kappa shape index (κ3) is 1.97. The first kappa shape index (κ1) is 11.8. The summed E-state index contributed by atoms with van der Waals surface area (Å²) in [5.74, 6) is 0.0520. The van der Waals surface area contributed by atoms with Crippen LogP contribution in [0.25, 0.3) is 0 Å². The second-order valence-electron chi connectivity index (χ2n) is 4.88. The Morgan fingerprint density at radius 1 is 1.11 bits per heavy atom. The first-order valence-corrected chi connectivity index (χ1v) is 6.42. The fraction of sp³-hybridized carbons (Fsp3) is 0.188. The van der Waals surface area contributed by atoms with Gasteiger partial charge >= 0.3 is 0 Å². The van der Waals surface area contributed by atoms with Crippen LogP contribution in [0, 0.1) is 6.92 Å². The number of nitrogens with one attached hydrogen (secondary N) is 1. The molecule has 0 aromatic heterocycles. The number of anilines is 2. The van der Waals surface area contributed by atoms with Gasteiger partial charge in [0.1, 0.15) is 6.17 Å². The molecular formula is C16H16N2O. The average molecular weight is 252 g/mol. The van der Waals surface area contributed by atoms with Crippen LogP contribution < -0.4 is 10.2 Å². The van der Waals surface area contributed by atoms with E-state index >= 15 is 0 Å². The summed E-state index contributed by atoms with van der Waals surface area (Å²) in [6.07, 6.45) is -0.0508. The molecule has 1 N–H and O–H groups in total. The highest BCUT2D eigenvalue weighted by atomic mass is 16.2. The molecule has 1 aliphatic heterocycles. The van der Waals surface area contributed by atoms with Crippen LogP contribution in [0.2, 0.25) is 0 Å². The zero-order valence-corrected chi connectivity index (χ0v) is 11.1. The van der Waals surface area contributed by atoms with Crippen LogP contribution in [-0.2, 0) is 0 Å². The van der Waals surface area contributed by atoms with Crippen LogP contribution in [0.4, 0.5) is 11.4 Å². The Morgan fingerprint density at radius 2 is 1.84 bits per heavy atom. The van der Waals surface area contributed by atoms with Gasteiger partial charge < -0.3 is 5.32 Å². The second kappa shape index (κ2) is 4.43. The summed E-state index contributed by atoms with van der Waals surface area (Å²) in [6, 6.07) is 15.7. The van der Waals surface area contributed by atoms with Gasteiger partial charge in [0.15, 0.2) is 0 Å². The van der Waals surface area contributed by atoms with Gasteiger partial charge in [-0.2, -0.15) is 0 Å². The SMILES string of the molecule is Cc1ccc2c(c1)C(=O)N(c1ccccc1)[C@H](C)N2. The summed E-state index contributed by atoms with van der Waals surface area (Å²) in [5, 5.41) is 3.37. The summed E-state index contributed by atoms with van der Waals surface area (Å²) >= 11 is 0. The number of rotatable bonds is 1. The zero-order chi connectivity index (χ0) is 13.4. The van der Waals surface area contributed by atoms with Gasteiger partial charge in [0.05, 0.1) is 5.56 Å². The molecule has 19 heavy (non-hydrogen) atoms. The highest BCUT2D eigenvalue weighted by Gasteiger charge is 2.30. The molecule has 2 aromatic rings. The molecule has 0 spiro atoms. The molecule has 0 fully saturated rings. The van der Waals surface area contributed by atoms with E-state index in [1.165, 1.54) is 0 Å². The lowest BCUT2D eigenvalue weighted by Gasteiger charge is -2.36. The van der Waals surface area contributed by atoms with Crippen molar-refractivity contribution in [1.82, 2.24) is 0 Å². The summed E-state index contributed by atoms with van der Waals surface area (Å²) in [5.41, 5.74) is 3.66. The van der Waals surface area contributed by atoms with Gasteiger partial charge in [0.25, 0.3) is 5.91 Å². The Morgan fingerprint density at radius 3 is 2.58 bits per heavy atom. The fourth-order valence-corrected chi connectivity index (χ4v) is 2.49. The van der Waals surface area contributed by atoms with E-state index in [0.29, 0.717) is 0 Å². The first-order chi connectivity index (χ1) is 9.16. The van der Waals surface area contributed by atoms with Crippen LogP contribution in [0.3, 0.4) is 0 Å². The number of aryl methyl sites for hydroxylation is 1. The van der Waals surface area contributed by atoms with Crippen LogP contribution >= 0.6 is 0 Å². The Kier molecular flexibility index (Phi) is 2.75. The Bertz CT molecular complexity index is 622. The van der Waals surface area contributed by atoms with E-state index in [0.717, 1.165) is 22.5 Å². The smallest absolute Gasteiger partial charge is 0.262 e. The van der Waals surface area contributed by atoms with E-state index in [1.54, 1.807) is 4.90 Å². The van der Waals surface area contributed by atoms with Gasteiger partial charge in [-0.05, 0) is 38.1 Å². The normalized spacial score (nSPS) is 17.9. The van der Waals surface area contributed by atoms with Crippen molar-refractivity contribution in [3.8, 4) is 0 Å². The number of benzene rings is 2. The molecule has 3 nitrogen and oxygen atoms in total. The molecule has 1 aliphatic rings. The summed E-state index contributed by atoms with van der Waals surface area (Å²) < 4.78 is 0. The Balaban J connectivity index is 2.07. The van der Waals surface area contributed by atoms with Crippen molar-refractivity contribution < 1.29 is 4.79 Å². The minimum absolute atomic E-state index is 0.0508. The lowest BCUT2D eigenvalue weighted by atomic mass is 10.0. The molecule has 0 radical (unpaired) electrons. The van der Waals surface area contributed by atoms with Gasteiger partial charge in [-0.15, -0.1) is 0 Å². The van der Waals surface area contributed by atoms with Crippen LogP contribution in [0.1, 0.15) is 22.8 Å². The molecule has 1 atom stereocenters. The fourth-order valence-electron chi connectivity index (χ4n) is 2.49. The highest BCUT2D eigenvalue weighted by Crippen LogP contribution is 2.29. The van der Waals surface area contributed by atoms with E-state index in [2.05, 4.69) is 5.32 Å². The maximum atomic E-state index is 12.7. The minimum Gasteiger partial charge on any atom is -0.364 e. The van der Waals surface area contributed by atoms with E-state index < -0.39 is 0 Å². The van der Waals surface area contributed by atoms with E-state index in [1.807, 2.05) is 62.4 Å². The lowest BCUT2D eigenvalue weighted by Crippen LogP contribution is -2.47. The molecular weight excluding hydrogens is 236 g/mol. The maximum absolute atomic E-state index is 12.7. The molecule has 3 heteroatoms. The number of carbonyl (C=O) groups is 1.